The molecule has 1 atom stereocenters. The summed E-state index contributed by atoms with van der Waals surface area (Å²) in [5, 5.41) is 2.97. The number of fused-ring (bicyclic) bond motifs is 1. The summed E-state index contributed by atoms with van der Waals surface area (Å²) in [6, 6.07) is 5.43. The Morgan fingerprint density at radius 3 is 2.73 bits per heavy atom. The number of hydrogen-bond acceptors (Lipinski definition) is 6. The number of carbonyl (C=O) groups is 2. The van der Waals surface area contributed by atoms with Crippen molar-refractivity contribution in [1.29, 1.82) is 0 Å². The van der Waals surface area contributed by atoms with Crippen LogP contribution in [0.1, 0.15) is 32.3 Å². The van der Waals surface area contributed by atoms with Crippen molar-refractivity contribution in [3.05, 3.63) is 23.8 Å². The van der Waals surface area contributed by atoms with E-state index < -0.39 is 0 Å². The van der Waals surface area contributed by atoms with Gasteiger partial charge in [0.2, 0.25) is 12.7 Å². The molecule has 0 bridgehead atoms. The number of ether oxygens (including phenoxy) is 3. The first-order chi connectivity index (χ1) is 12.6. The minimum atomic E-state index is -0.229. The molecule has 7 heteroatoms. The van der Waals surface area contributed by atoms with Gasteiger partial charge in [0.05, 0.1) is 18.6 Å². The van der Waals surface area contributed by atoms with Gasteiger partial charge in [0.15, 0.2) is 11.5 Å². The number of benzene rings is 1. The van der Waals surface area contributed by atoms with Crippen LogP contribution < -0.4 is 14.8 Å². The van der Waals surface area contributed by atoms with E-state index in [1.54, 1.807) is 0 Å². The zero-order valence-corrected chi connectivity index (χ0v) is 15.3. The van der Waals surface area contributed by atoms with Gasteiger partial charge in [0.1, 0.15) is 0 Å². The van der Waals surface area contributed by atoms with Gasteiger partial charge in [-0.1, -0.05) is 6.07 Å². The predicted octanol–water partition coefficient (Wildman–Crippen LogP) is 1.70. The molecule has 0 aliphatic carbocycles. The lowest BCUT2D eigenvalue weighted by molar-refractivity contribution is -0.149. The quantitative estimate of drug-likeness (QED) is 0.776. The van der Waals surface area contributed by atoms with Crippen LogP contribution in [0.15, 0.2) is 18.2 Å². The highest BCUT2D eigenvalue weighted by Crippen LogP contribution is 2.32. The lowest BCUT2D eigenvalue weighted by Gasteiger charge is -2.34. The normalized spacial score (nSPS) is 18.4. The van der Waals surface area contributed by atoms with Gasteiger partial charge in [-0.2, -0.15) is 0 Å². The van der Waals surface area contributed by atoms with Crippen LogP contribution in [0.25, 0.3) is 0 Å². The summed E-state index contributed by atoms with van der Waals surface area (Å²) in [5.74, 6) is 1.27. The van der Waals surface area contributed by atoms with Crippen molar-refractivity contribution in [2.45, 2.75) is 39.3 Å². The van der Waals surface area contributed by atoms with Crippen molar-refractivity contribution >= 4 is 11.9 Å². The third kappa shape index (κ3) is 4.27. The maximum Gasteiger partial charge on any atom is 0.309 e. The van der Waals surface area contributed by atoms with E-state index in [1.807, 2.05) is 32.0 Å². The molecule has 7 nitrogen and oxygen atoms in total. The fourth-order valence-corrected chi connectivity index (χ4v) is 3.34. The maximum atomic E-state index is 12.5. The fraction of sp³-hybridized carbons (Fsp3) is 0.579. The van der Waals surface area contributed by atoms with Gasteiger partial charge >= 0.3 is 5.97 Å². The lowest BCUT2D eigenvalue weighted by atomic mass is 9.96. The van der Waals surface area contributed by atoms with E-state index in [0.29, 0.717) is 18.9 Å². The summed E-state index contributed by atoms with van der Waals surface area (Å²) in [6.45, 7) is 6.27. The average molecular weight is 362 g/mol. The molecule has 0 saturated carbocycles. The molecule has 26 heavy (non-hydrogen) atoms. The standard InChI is InChI=1S/C19H26N2O5/c1-3-24-19(23)15-6-8-21(9-7-15)13(2)18(22)20-11-14-4-5-16-17(10-14)26-12-25-16/h4-5,10,13,15H,3,6-9,11-12H2,1-2H3,(H,20,22)/t13-/m1/s1. The lowest BCUT2D eigenvalue weighted by Crippen LogP contribution is -2.48. The Morgan fingerprint density at radius 2 is 2.00 bits per heavy atom. The molecule has 0 unspecified atom stereocenters. The zero-order chi connectivity index (χ0) is 18.5. The number of nitrogens with zero attached hydrogens (tertiary/aromatic N) is 1. The molecule has 1 aromatic carbocycles. The Labute approximate surface area is 153 Å². The molecule has 2 heterocycles. The third-order valence-electron chi connectivity index (χ3n) is 4.98. The van der Waals surface area contributed by atoms with Crippen molar-refractivity contribution in [2.75, 3.05) is 26.5 Å². The van der Waals surface area contributed by atoms with Crippen LogP contribution in [-0.2, 0) is 20.9 Å². The number of amides is 1. The van der Waals surface area contributed by atoms with Gasteiger partial charge in [-0.05, 0) is 57.5 Å². The van der Waals surface area contributed by atoms with Gasteiger partial charge in [0, 0.05) is 6.54 Å². The van der Waals surface area contributed by atoms with Crippen LogP contribution in [0.4, 0.5) is 0 Å². The SMILES string of the molecule is CCOC(=O)C1CCN([C@H](C)C(=O)NCc2ccc3c(c2)OCO3)CC1. The van der Waals surface area contributed by atoms with Crippen molar-refractivity contribution < 1.29 is 23.8 Å². The Kier molecular flexibility index (Phi) is 5.98. The minimum Gasteiger partial charge on any atom is -0.466 e. The van der Waals surface area contributed by atoms with E-state index in [0.717, 1.165) is 37.2 Å². The van der Waals surface area contributed by atoms with Crippen LogP contribution >= 0.6 is 0 Å². The summed E-state index contributed by atoms with van der Waals surface area (Å²) in [6.07, 6.45) is 1.47. The molecule has 1 aromatic rings. The van der Waals surface area contributed by atoms with Crippen LogP contribution in [0.3, 0.4) is 0 Å². The number of rotatable bonds is 6. The number of nitrogens with one attached hydrogen (secondary N) is 1. The second kappa shape index (κ2) is 8.40. The average Bonchev–Trinajstić information content (AvgIpc) is 3.13. The van der Waals surface area contributed by atoms with Crippen molar-refractivity contribution in [3.63, 3.8) is 0 Å². The first-order valence-electron chi connectivity index (χ1n) is 9.15. The summed E-state index contributed by atoms with van der Waals surface area (Å²) in [7, 11) is 0. The number of hydrogen-bond donors (Lipinski definition) is 1. The Bertz CT molecular complexity index is 655. The van der Waals surface area contributed by atoms with Crippen molar-refractivity contribution in [2.24, 2.45) is 5.92 Å². The maximum absolute atomic E-state index is 12.5. The highest BCUT2D eigenvalue weighted by Gasteiger charge is 2.30. The molecule has 2 aliphatic rings. The topological polar surface area (TPSA) is 77.1 Å². The van der Waals surface area contributed by atoms with Crippen LogP contribution in [0, 0.1) is 5.92 Å². The first-order valence-corrected chi connectivity index (χ1v) is 9.15. The van der Waals surface area contributed by atoms with Crippen molar-refractivity contribution in [1.82, 2.24) is 10.2 Å². The molecule has 1 fully saturated rings. The molecule has 3 rings (SSSR count). The molecule has 142 valence electrons. The fourth-order valence-electron chi connectivity index (χ4n) is 3.34. The highest BCUT2D eigenvalue weighted by molar-refractivity contribution is 5.81. The monoisotopic (exact) mass is 362 g/mol. The molecule has 0 aromatic heterocycles. The molecule has 0 radical (unpaired) electrons. The number of likely N-dealkylation sites (tertiary alicyclic amines) is 1. The van der Waals surface area contributed by atoms with Gasteiger partial charge in [-0.15, -0.1) is 0 Å². The van der Waals surface area contributed by atoms with Crippen LogP contribution in [-0.4, -0.2) is 49.3 Å². The summed E-state index contributed by atoms with van der Waals surface area (Å²) in [5.41, 5.74) is 0.968. The van der Waals surface area contributed by atoms with E-state index in [4.69, 9.17) is 14.2 Å². The molecular weight excluding hydrogens is 336 g/mol. The first kappa shape index (κ1) is 18.5. The predicted molar refractivity (Wildman–Crippen MR) is 94.8 cm³/mol. The molecule has 2 aliphatic heterocycles. The second-order valence-electron chi connectivity index (χ2n) is 6.64. The Balaban J connectivity index is 1.45. The number of piperidine rings is 1. The van der Waals surface area contributed by atoms with Crippen molar-refractivity contribution in [3.8, 4) is 11.5 Å². The largest absolute Gasteiger partial charge is 0.466 e. The smallest absolute Gasteiger partial charge is 0.309 e. The van der Waals surface area contributed by atoms with E-state index in [9.17, 15) is 9.59 Å². The minimum absolute atomic E-state index is 0.0164. The second-order valence-corrected chi connectivity index (χ2v) is 6.64. The Hall–Kier alpha value is -2.28. The van der Waals surface area contributed by atoms with Gasteiger partial charge in [-0.25, -0.2) is 0 Å². The van der Waals surface area contributed by atoms with E-state index >= 15 is 0 Å². The summed E-state index contributed by atoms with van der Waals surface area (Å²) >= 11 is 0. The van der Waals surface area contributed by atoms with Crippen LogP contribution in [0.5, 0.6) is 11.5 Å². The summed E-state index contributed by atoms with van der Waals surface area (Å²) in [4.78, 5) is 26.4. The van der Waals surface area contributed by atoms with Gasteiger partial charge < -0.3 is 19.5 Å². The number of esters is 1. The highest BCUT2D eigenvalue weighted by atomic mass is 16.7. The zero-order valence-electron chi connectivity index (χ0n) is 15.3. The number of carbonyl (C=O) groups excluding carboxylic acids is 2. The molecule has 1 saturated heterocycles. The van der Waals surface area contributed by atoms with E-state index in [-0.39, 0.29) is 30.6 Å². The molecule has 0 spiro atoms. The summed E-state index contributed by atoms with van der Waals surface area (Å²) < 4.78 is 15.7. The molecule has 1 N–H and O–H groups in total. The van der Waals surface area contributed by atoms with Crippen LogP contribution in [0.2, 0.25) is 0 Å². The van der Waals surface area contributed by atoms with E-state index in [2.05, 4.69) is 10.2 Å². The van der Waals surface area contributed by atoms with E-state index in [1.165, 1.54) is 0 Å². The molecular formula is C19H26N2O5. The van der Waals surface area contributed by atoms with Gasteiger partial charge in [-0.3, -0.25) is 14.5 Å². The molecule has 1 amide bonds. The third-order valence-corrected chi connectivity index (χ3v) is 4.98. The van der Waals surface area contributed by atoms with Gasteiger partial charge in [0.25, 0.3) is 0 Å². The Morgan fingerprint density at radius 1 is 1.27 bits per heavy atom.